The summed E-state index contributed by atoms with van der Waals surface area (Å²) in [6.45, 7) is 0.960. The van der Waals surface area contributed by atoms with Gasteiger partial charge in [0.25, 0.3) is 0 Å². The first kappa shape index (κ1) is 16.7. The maximum absolute atomic E-state index is 12.6. The highest BCUT2D eigenvalue weighted by atomic mass is 32.2. The Morgan fingerprint density at radius 3 is 2.13 bits per heavy atom. The molecule has 8 heteroatoms. The smallest absolute Gasteiger partial charge is 0.307 e. The fourth-order valence-corrected chi connectivity index (χ4v) is 5.75. The van der Waals surface area contributed by atoms with Crippen LogP contribution in [0.3, 0.4) is 0 Å². The Bertz CT molecular complexity index is 579. The summed E-state index contributed by atoms with van der Waals surface area (Å²) in [7, 11) is -3.51. The predicted octanol–water partition coefficient (Wildman–Crippen LogP) is 0.514. The van der Waals surface area contributed by atoms with Crippen LogP contribution in [0.25, 0.3) is 0 Å². The number of nitrogens with zero attached hydrogens (tertiary/aromatic N) is 2. The van der Waals surface area contributed by atoms with Crippen LogP contribution in [0.5, 0.6) is 0 Å². The van der Waals surface area contributed by atoms with Crippen molar-refractivity contribution in [2.24, 2.45) is 11.8 Å². The molecule has 7 nitrogen and oxygen atoms in total. The summed E-state index contributed by atoms with van der Waals surface area (Å²) in [6, 6.07) is 0. The lowest BCUT2D eigenvalue weighted by molar-refractivity contribution is -0.142. The van der Waals surface area contributed by atoms with Crippen LogP contribution in [-0.2, 0) is 19.6 Å². The van der Waals surface area contributed by atoms with E-state index in [4.69, 9.17) is 5.11 Å². The number of carbonyl (C=O) groups is 2. The lowest BCUT2D eigenvalue weighted by atomic mass is 10.0. The van der Waals surface area contributed by atoms with E-state index in [9.17, 15) is 18.0 Å². The van der Waals surface area contributed by atoms with Crippen LogP contribution < -0.4 is 0 Å². The number of hydrogen-bond acceptors (Lipinski definition) is 4. The zero-order chi connectivity index (χ0) is 16.6. The number of carboxylic acids is 1. The van der Waals surface area contributed by atoms with Crippen LogP contribution in [0.4, 0.5) is 0 Å². The molecular formula is C15H24N2O5S. The average Bonchev–Trinajstić information content (AvgIpc) is 2.99. The van der Waals surface area contributed by atoms with Crippen LogP contribution in [0, 0.1) is 11.8 Å². The lowest BCUT2D eigenvalue weighted by Crippen LogP contribution is -2.61. The first-order valence-corrected chi connectivity index (χ1v) is 9.90. The van der Waals surface area contributed by atoms with Gasteiger partial charge in [-0.2, -0.15) is 0 Å². The first-order valence-electron chi connectivity index (χ1n) is 8.40. The number of likely N-dealkylation sites (tertiary alicyclic amines) is 1. The summed E-state index contributed by atoms with van der Waals surface area (Å²) in [5.74, 6) is -1.38. The minimum atomic E-state index is -3.51. The van der Waals surface area contributed by atoms with E-state index in [0.717, 1.165) is 25.7 Å². The maximum Gasteiger partial charge on any atom is 0.307 e. The van der Waals surface area contributed by atoms with Gasteiger partial charge in [0, 0.05) is 32.1 Å². The predicted molar refractivity (Wildman–Crippen MR) is 83.2 cm³/mol. The molecule has 2 heterocycles. The Morgan fingerprint density at radius 1 is 0.913 bits per heavy atom. The van der Waals surface area contributed by atoms with E-state index in [1.807, 2.05) is 0 Å². The van der Waals surface area contributed by atoms with Gasteiger partial charge in [-0.25, -0.2) is 12.7 Å². The molecule has 0 spiro atoms. The van der Waals surface area contributed by atoms with E-state index in [2.05, 4.69) is 0 Å². The number of piperidine rings is 1. The van der Waals surface area contributed by atoms with Gasteiger partial charge < -0.3 is 10.0 Å². The van der Waals surface area contributed by atoms with Crippen molar-refractivity contribution in [3.63, 3.8) is 0 Å². The maximum atomic E-state index is 12.6. The molecule has 3 fully saturated rings. The molecular weight excluding hydrogens is 320 g/mol. The van der Waals surface area contributed by atoms with Crippen molar-refractivity contribution in [1.82, 2.24) is 9.21 Å². The number of carboxylic acid groups (broad SMARTS) is 1. The number of amides is 1. The molecule has 1 aliphatic carbocycles. The summed E-state index contributed by atoms with van der Waals surface area (Å²) in [4.78, 5) is 25.0. The van der Waals surface area contributed by atoms with Gasteiger partial charge in [-0.05, 0) is 25.7 Å². The molecule has 0 unspecified atom stereocenters. The number of hydrogen-bond donors (Lipinski definition) is 1. The van der Waals surface area contributed by atoms with E-state index in [1.165, 1.54) is 4.31 Å². The van der Waals surface area contributed by atoms with Gasteiger partial charge in [-0.3, -0.25) is 9.59 Å². The molecule has 23 heavy (non-hydrogen) atoms. The molecule has 1 saturated carbocycles. The minimum Gasteiger partial charge on any atom is -0.481 e. The van der Waals surface area contributed by atoms with Gasteiger partial charge in [0.1, 0.15) is 5.25 Å². The molecule has 130 valence electrons. The minimum absolute atomic E-state index is 0.0603. The van der Waals surface area contributed by atoms with E-state index in [-0.39, 0.29) is 31.5 Å². The second kappa shape index (κ2) is 6.39. The number of aliphatic carboxylic acids is 1. The van der Waals surface area contributed by atoms with Gasteiger partial charge in [0.05, 0.1) is 5.92 Å². The molecule has 0 radical (unpaired) electrons. The van der Waals surface area contributed by atoms with Crippen molar-refractivity contribution < 1.29 is 23.1 Å². The first-order chi connectivity index (χ1) is 10.9. The van der Waals surface area contributed by atoms with E-state index >= 15 is 0 Å². The van der Waals surface area contributed by atoms with Gasteiger partial charge in [-0.1, -0.05) is 12.8 Å². The second-order valence-corrected chi connectivity index (χ2v) is 9.14. The quantitative estimate of drug-likeness (QED) is 0.802. The third-order valence-corrected chi connectivity index (χ3v) is 7.57. The molecule has 1 amide bonds. The van der Waals surface area contributed by atoms with E-state index in [1.54, 1.807) is 4.90 Å². The van der Waals surface area contributed by atoms with E-state index < -0.39 is 27.2 Å². The summed E-state index contributed by atoms with van der Waals surface area (Å²) >= 11 is 0. The van der Waals surface area contributed by atoms with Crippen LogP contribution in [0.1, 0.15) is 38.5 Å². The molecule has 2 aliphatic heterocycles. The second-order valence-electron chi connectivity index (χ2n) is 6.93. The number of rotatable bonds is 4. The van der Waals surface area contributed by atoms with Crippen LogP contribution >= 0.6 is 0 Å². The Hall–Kier alpha value is -1.15. The fraction of sp³-hybridized carbons (Fsp3) is 0.867. The van der Waals surface area contributed by atoms with Crippen molar-refractivity contribution in [1.29, 1.82) is 0 Å². The molecule has 3 aliphatic rings. The average molecular weight is 344 g/mol. The molecule has 0 aromatic rings. The van der Waals surface area contributed by atoms with Crippen molar-refractivity contribution in [2.75, 3.05) is 26.2 Å². The zero-order valence-electron chi connectivity index (χ0n) is 13.2. The van der Waals surface area contributed by atoms with Gasteiger partial charge >= 0.3 is 5.97 Å². The Kier molecular flexibility index (Phi) is 4.64. The summed E-state index contributed by atoms with van der Waals surface area (Å²) in [5.41, 5.74) is 0. The molecule has 1 N–H and O–H groups in total. The summed E-state index contributed by atoms with van der Waals surface area (Å²) in [5, 5.41) is 8.52. The molecule has 2 saturated heterocycles. The fourth-order valence-electron chi connectivity index (χ4n) is 3.82. The molecule has 0 aromatic carbocycles. The van der Waals surface area contributed by atoms with Crippen molar-refractivity contribution in [3.05, 3.63) is 0 Å². The highest BCUT2D eigenvalue weighted by Gasteiger charge is 2.45. The van der Waals surface area contributed by atoms with Crippen LogP contribution in [-0.4, -0.2) is 66.0 Å². The van der Waals surface area contributed by atoms with E-state index in [0.29, 0.717) is 19.4 Å². The summed E-state index contributed by atoms with van der Waals surface area (Å²) in [6.07, 6.45) is 5.09. The SMILES string of the molecule is O=C(O)[C@@H]1CCCN(S(=O)(=O)C2CN(C(=O)C3CCCC3)C2)C1. The topological polar surface area (TPSA) is 95.0 Å². The Labute approximate surface area is 136 Å². The Balaban J connectivity index is 1.57. The highest BCUT2D eigenvalue weighted by molar-refractivity contribution is 7.89. The monoisotopic (exact) mass is 344 g/mol. The van der Waals surface area contributed by atoms with Crippen LogP contribution in [0.2, 0.25) is 0 Å². The Morgan fingerprint density at radius 2 is 1.52 bits per heavy atom. The largest absolute Gasteiger partial charge is 0.481 e. The standard InChI is InChI=1S/C15H24N2O5S/c18-14(11-4-1-2-5-11)16-9-13(10-16)23(21,22)17-7-3-6-12(8-17)15(19)20/h11-13H,1-10H2,(H,19,20)/t12-/m1/s1. The third kappa shape index (κ3) is 3.24. The molecule has 0 aromatic heterocycles. The highest BCUT2D eigenvalue weighted by Crippen LogP contribution is 2.31. The molecule has 0 bridgehead atoms. The van der Waals surface area contributed by atoms with Crippen molar-refractivity contribution in [3.8, 4) is 0 Å². The van der Waals surface area contributed by atoms with Crippen molar-refractivity contribution in [2.45, 2.75) is 43.8 Å². The molecule has 1 atom stereocenters. The van der Waals surface area contributed by atoms with Gasteiger partial charge in [0.15, 0.2) is 0 Å². The number of sulfonamides is 1. The van der Waals surface area contributed by atoms with Gasteiger partial charge in [0.2, 0.25) is 15.9 Å². The number of carbonyl (C=O) groups excluding carboxylic acids is 1. The van der Waals surface area contributed by atoms with Gasteiger partial charge in [-0.15, -0.1) is 0 Å². The third-order valence-electron chi connectivity index (χ3n) is 5.38. The van der Waals surface area contributed by atoms with Crippen molar-refractivity contribution >= 4 is 21.9 Å². The lowest BCUT2D eigenvalue weighted by Gasteiger charge is -2.43. The summed E-state index contributed by atoms with van der Waals surface area (Å²) < 4.78 is 26.6. The molecule has 3 rings (SSSR count). The van der Waals surface area contributed by atoms with Crippen LogP contribution in [0.15, 0.2) is 0 Å². The normalized spacial score (nSPS) is 27.8. The zero-order valence-corrected chi connectivity index (χ0v) is 14.0.